The molecule has 1 rings (SSSR count). The molecule has 0 amide bonds. The summed E-state index contributed by atoms with van der Waals surface area (Å²) < 4.78 is 0. The predicted octanol–water partition coefficient (Wildman–Crippen LogP) is 6.99. The smallest absolute Gasteiger partial charge is 0.0431 e. The molecule has 0 aromatic heterocycles. The first kappa shape index (κ1) is 43.4. The van der Waals surface area contributed by atoms with Gasteiger partial charge in [0.05, 0.1) is 0 Å². The van der Waals surface area contributed by atoms with Gasteiger partial charge in [0, 0.05) is 93.3 Å². The van der Waals surface area contributed by atoms with Gasteiger partial charge in [-0.15, -0.1) is 0 Å². The molecule has 0 N–H and O–H groups in total. The molecule has 1 aliphatic rings. The molecule has 0 saturated heterocycles. The van der Waals surface area contributed by atoms with Crippen LogP contribution < -0.4 is 0 Å². The number of hydrogen-bond acceptors (Lipinski definition) is 2. The predicted molar refractivity (Wildman–Crippen MR) is 96.7 cm³/mol. The van der Waals surface area contributed by atoms with Crippen molar-refractivity contribution in [1.82, 2.24) is 0 Å². The second-order valence-electron chi connectivity index (χ2n) is 4.36. The van der Waals surface area contributed by atoms with E-state index < -0.39 is 0 Å². The Kier molecular flexibility index (Phi) is 78.2. The van der Waals surface area contributed by atoms with Crippen LogP contribution in [0.15, 0.2) is 10.2 Å². The molecule has 0 aromatic rings. The van der Waals surface area contributed by atoms with Crippen LogP contribution in [-0.2, 0) is 0 Å². The minimum Gasteiger partial charge on any atom is -0.160 e. The van der Waals surface area contributed by atoms with Gasteiger partial charge in [-0.1, -0.05) is 76.2 Å². The van der Waals surface area contributed by atoms with Gasteiger partial charge in [-0.25, -0.2) is 0 Å². The summed E-state index contributed by atoms with van der Waals surface area (Å²) in [6, 6.07) is 0. The van der Waals surface area contributed by atoms with Gasteiger partial charge in [-0.05, 0) is 19.8 Å². The second-order valence-corrected chi connectivity index (χ2v) is 4.36. The third-order valence-corrected chi connectivity index (χ3v) is 1.72. The van der Waals surface area contributed by atoms with E-state index in [-0.39, 0.29) is 90.3 Å². The van der Waals surface area contributed by atoms with Gasteiger partial charge < -0.3 is 0 Å². The van der Waals surface area contributed by atoms with E-state index >= 15 is 0 Å². The van der Waals surface area contributed by atoms with E-state index in [9.17, 15) is 0 Å². The molecule has 1 heterocycles. The molecule has 21 heavy (non-hydrogen) atoms. The molecule has 0 radical (unpaired) electrons. The van der Waals surface area contributed by atoms with Crippen molar-refractivity contribution in [2.45, 2.75) is 96.4 Å². The molecule has 136 valence electrons. The molecule has 4 heteroatoms. The van der Waals surface area contributed by atoms with Crippen LogP contribution in [0.5, 0.6) is 0 Å². The van der Waals surface area contributed by atoms with E-state index in [2.05, 4.69) is 44.8 Å². The zero-order valence-electron chi connectivity index (χ0n) is 14.3. The van der Waals surface area contributed by atoms with E-state index in [1.807, 2.05) is 27.7 Å². The van der Waals surface area contributed by atoms with Crippen LogP contribution in [0.3, 0.4) is 0 Å². The average molecular weight is 354 g/mol. The van der Waals surface area contributed by atoms with Crippen LogP contribution in [0.25, 0.3) is 0 Å². The Morgan fingerprint density at radius 2 is 1.05 bits per heavy atom. The van der Waals surface area contributed by atoms with E-state index in [1.54, 1.807) is 0 Å². The van der Waals surface area contributed by atoms with Crippen LogP contribution in [0.1, 0.15) is 96.4 Å². The normalized spacial score (nSPS) is 9.81. The molecule has 0 aliphatic carbocycles. The first-order chi connectivity index (χ1) is 7.97. The molecular weight excluding hydrogens is 312 g/mol. The fourth-order valence-corrected chi connectivity index (χ4v) is 0.612. The molecule has 0 atom stereocenters. The summed E-state index contributed by atoms with van der Waals surface area (Å²) in [6.07, 6.45) is 3.53. The molecule has 0 spiro atoms. The Morgan fingerprint density at radius 3 is 1.10 bits per heavy atom. The summed E-state index contributed by atoms with van der Waals surface area (Å²) in [6.45, 7) is 18.9. The van der Waals surface area contributed by atoms with E-state index in [0.29, 0.717) is 0 Å². The summed E-state index contributed by atoms with van der Waals surface area (Å²) in [5.41, 5.74) is 2.25. The summed E-state index contributed by atoms with van der Waals surface area (Å²) >= 11 is 0. The molecule has 0 unspecified atom stereocenters. The third-order valence-electron chi connectivity index (χ3n) is 1.72. The Morgan fingerprint density at radius 1 is 0.857 bits per heavy atom. The average Bonchev–Trinajstić information content (AvgIpc) is 2.67. The molecular formula is C17H42Ar2N2. The van der Waals surface area contributed by atoms with Crippen LogP contribution >= 0.6 is 0 Å². The minimum absolute atomic E-state index is 0. The molecule has 0 bridgehead atoms. The topological polar surface area (TPSA) is 24.7 Å². The first-order valence-corrected chi connectivity index (χ1v) is 7.04. The SMILES string of the molecule is C.C.CC.CC1=NN=C(C)C1.CCC.CCC(C)C.[Ar].[Ar]. The van der Waals surface area contributed by atoms with E-state index in [0.717, 1.165) is 23.8 Å². The van der Waals surface area contributed by atoms with Crippen LogP contribution in [-0.4, -0.2) is 11.4 Å². The maximum Gasteiger partial charge on any atom is 0.0431 e. The Bertz CT molecular complexity index is 185. The van der Waals surface area contributed by atoms with Gasteiger partial charge in [0.2, 0.25) is 0 Å². The first-order valence-electron chi connectivity index (χ1n) is 7.04. The van der Waals surface area contributed by atoms with E-state index in [1.165, 1.54) is 12.8 Å². The zero-order chi connectivity index (χ0) is 14.3. The molecule has 1 aliphatic heterocycles. The van der Waals surface area contributed by atoms with Crippen LogP contribution in [0, 0.1) is 81.4 Å². The molecule has 0 aromatic carbocycles. The van der Waals surface area contributed by atoms with Gasteiger partial charge in [-0.2, -0.15) is 10.2 Å². The number of rotatable bonds is 1. The molecule has 0 fully saturated rings. The van der Waals surface area contributed by atoms with Crippen LogP contribution in [0.4, 0.5) is 0 Å². The fourth-order valence-electron chi connectivity index (χ4n) is 0.612. The van der Waals surface area contributed by atoms with Gasteiger partial charge in [0.15, 0.2) is 0 Å². The van der Waals surface area contributed by atoms with Crippen molar-refractivity contribution < 1.29 is 75.5 Å². The molecule has 0 saturated carbocycles. The quantitative estimate of drug-likeness (QED) is 0.484. The van der Waals surface area contributed by atoms with Crippen molar-refractivity contribution in [2.75, 3.05) is 0 Å². The van der Waals surface area contributed by atoms with Crippen molar-refractivity contribution in [3.63, 3.8) is 0 Å². The maximum atomic E-state index is 3.82. The summed E-state index contributed by atoms with van der Waals surface area (Å²) in [5, 5.41) is 7.64. The van der Waals surface area contributed by atoms with E-state index in [4.69, 9.17) is 0 Å². The van der Waals surface area contributed by atoms with Crippen molar-refractivity contribution >= 4 is 11.4 Å². The van der Waals surface area contributed by atoms with Gasteiger partial charge >= 0.3 is 0 Å². The Labute approximate surface area is 197 Å². The standard InChI is InChI=1S/C5H8N2.C5H12.C3H8.C2H6.2CH4.2Ar/c1-4-3-5(2)7-6-4;1-4-5(2)3;1-3-2;1-2;;;;/h3H2,1-2H3;5H,4H2,1-3H3;3H2,1-2H3;1-2H3;2*1H4;;. The van der Waals surface area contributed by atoms with Crippen molar-refractivity contribution in [3.05, 3.63) is 0 Å². The van der Waals surface area contributed by atoms with Crippen molar-refractivity contribution in [1.29, 1.82) is 0 Å². The molecule has 2 nitrogen and oxygen atoms in total. The number of hydrogen-bond donors (Lipinski definition) is 0. The van der Waals surface area contributed by atoms with Crippen LogP contribution in [0.2, 0.25) is 0 Å². The van der Waals surface area contributed by atoms with Gasteiger partial charge in [0.25, 0.3) is 0 Å². The zero-order valence-corrected chi connectivity index (χ0v) is 15.7. The minimum atomic E-state index is 0. The van der Waals surface area contributed by atoms with Gasteiger partial charge in [-0.3, -0.25) is 0 Å². The van der Waals surface area contributed by atoms with Crippen molar-refractivity contribution in [3.8, 4) is 0 Å². The maximum absolute atomic E-state index is 3.82. The third kappa shape index (κ3) is 52.1. The number of nitrogens with zero attached hydrogens (tertiary/aromatic N) is 2. The van der Waals surface area contributed by atoms with Gasteiger partial charge in [0.1, 0.15) is 0 Å². The van der Waals surface area contributed by atoms with Crippen molar-refractivity contribution in [2.24, 2.45) is 16.1 Å². The largest absolute Gasteiger partial charge is 0.160 e. The Hall–Kier alpha value is 1.86. The monoisotopic (exact) mass is 354 g/mol. The fraction of sp³-hybridized carbons (Fsp3) is 0.882. The summed E-state index contributed by atoms with van der Waals surface area (Å²) in [4.78, 5) is 0. The summed E-state index contributed by atoms with van der Waals surface area (Å²) in [7, 11) is 0. The summed E-state index contributed by atoms with van der Waals surface area (Å²) in [5.74, 6) is 0.884. The second kappa shape index (κ2) is 37.8. The Balaban J connectivity index is -0.0000000256.